The van der Waals surface area contributed by atoms with Crippen LogP contribution in [-0.2, 0) is 14.8 Å². The number of hydrogen-bond donors (Lipinski definition) is 0. The van der Waals surface area contributed by atoms with Crippen LogP contribution in [0.5, 0.6) is 0 Å². The van der Waals surface area contributed by atoms with Gasteiger partial charge in [0, 0.05) is 38.0 Å². The molecule has 1 atom stereocenters. The number of carbonyl (C=O) groups excluding carboxylic acids is 1. The number of nitrogens with zero attached hydrogens (tertiary/aromatic N) is 2. The Morgan fingerprint density at radius 1 is 1.12 bits per heavy atom. The molecule has 1 aliphatic carbocycles. The number of amides is 1. The number of allylic oxidation sites excluding steroid dienone is 2. The van der Waals surface area contributed by atoms with Crippen LogP contribution in [0, 0.1) is 5.92 Å². The molecule has 1 aromatic carbocycles. The van der Waals surface area contributed by atoms with Crippen molar-refractivity contribution in [1.29, 1.82) is 0 Å². The fraction of sp³-hybridized carbons (Fsp3) is 0.421. The minimum Gasteiger partial charge on any atom is -0.340 e. The van der Waals surface area contributed by atoms with Crippen molar-refractivity contribution in [3.8, 4) is 0 Å². The highest BCUT2D eigenvalue weighted by atomic mass is 32.2. The van der Waals surface area contributed by atoms with Gasteiger partial charge in [-0.1, -0.05) is 42.5 Å². The maximum absolute atomic E-state index is 12.4. The Balaban J connectivity index is 1.53. The Labute approximate surface area is 149 Å². The highest BCUT2D eigenvalue weighted by Crippen LogP contribution is 2.22. The molecule has 1 aromatic rings. The molecule has 0 saturated carbocycles. The number of rotatable bonds is 5. The van der Waals surface area contributed by atoms with E-state index in [1.54, 1.807) is 11.0 Å². The number of sulfonamides is 1. The van der Waals surface area contributed by atoms with Crippen molar-refractivity contribution in [2.45, 2.75) is 19.3 Å². The summed E-state index contributed by atoms with van der Waals surface area (Å²) in [6.07, 6.45) is 8.49. The van der Waals surface area contributed by atoms with Crippen LogP contribution in [0.25, 0.3) is 6.08 Å². The van der Waals surface area contributed by atoms with E-state index in [2.05, 4.69) is 12.2 Å². The number of hydrogen-bond acceptors (Lipinski definition) is 3. The van der Waals surface area contributed by atoms with Crippen molar-refractivity contribution >= 4 is 22.0 Å². The Kier molecular flexibility index (Phi) is 5.71. The van der Waals surface area contributed by atoms with Crippen molar-refractivity contribution in [3.05, 3.63) is 53.5 Å². The van der Waals surface area contributed by atoms with E-state index in [-0.39, 0.29) is 5.91 Å². The molecule has 134 valence electrons. The molecular weight excluding hydrogens is 336 g/mol. The van der Waals surface area contributed by atoms with Gasteiger partial charge in [-0.3, -0.25) is 4.79 Å². The Hall–Kier alpha value is -1.92. The first-order valence-electron chi connectivity index (χ1n) is 8.72. The van der Waals surface area contributed by atoms with Crippen LogP contribution in [0.15, 0.2) is 47.9 Å². The first-order valence-corrected chi connectivity index (χ1v) is 10.2. The molecule has 3 rings (SSSR count). The minimum atomic E-state index is -3.45. The van der Waals surface area contributed by atoms with Crippen LogP contribution in [0.4, 0.5) is 0 Å². The second kappa shape index (κ2) is 7.97. The summed E-state index contributed by atoms with van der Waals surface area (Å²) in [5.74, 6) is 0.483. The lowest BCUT2D eigenvalue weighted by molar-refractivity contribution is -0.133. The summed E-state index contributed by atoms with van der Waals surface area (Å²) in [5, 5.41) is 1.25. The highest BCUT2D eigenvalue weighted by Gasteiger charge is 2.28. The summed E-state index contributed by atoms with van der Waals surface area (Å²) in [5.41, 5.74) is 0.851. The van der Waals surface area contributed by atoms with Crippen LogP contribution < -0.4 is 0 Å². The molecule has 0 spiro atoms. The van der Waals surface area contributed by atoms with Crippen molar-refractivity contribution in [2.24, 2.45) is 5.92 Å². The van der Waals surface area contributed by atoms with Crippen LogP contribution in [0.2, 0.25) is 0 Å². The fourth-order valence-corrected chi connectivity index (χ4v) is 4.40. The van der Waals surface area contributed by atoms with E-state index >= 15 is 0 Å². The van der Waals surface area contributed by atoms with Crippen LogP contribution in [0.1, 0.15) is 24.8 Å². The Morgan fingerprint density at radius 3 is 2.48 bits per heavy atom. The summed E-state index contributed by atoms with van der Waals surface area (Å²) in [6, 6.07) is 9.36. The van der Waals surface area contributed by atoms with E-state index in [0.717, 1.165) is 18.4 Å². The van der Waals surface area contributed by atoms with Crippen LogP contribution in [0.3, 0.4) is 0 Å². The summed E-state index contributed by atoms with van der Waals surface area (Å²) in [7, 11) is -3.45. The molecule has 1 amide bonds. The lowest BCUT2D eigenvalue weighted by Crippen LogP contribution is -2.50. The molecule has 1 fully saturated rings. The van der Waals surface area contributed by atoms with Crippen molar-refractivity contribution < 1.29 is 13.2 Å². The first-order chi connectivity index (χ1) is 12.0. The normalized spacial score (nSPS) is 21.9. The van der Waals surface area contributed by atoms with Gasteiger partial charge in [-0.25, -0.2) is 8.42 Å². The van der Waals surface area contributed by atoms with Gasteiger partial charge in [-0.05, 0) is 30.4 Å². The smallest absolute Gasteiger partial charge is 0.236 e. The Morgan fingerprint density at radius 2 is 1.84 bits per heavy atom. The van der Waals surface area contributed by atoms with E-state index in [1.165, 1.54) is 9.71 Å². The molecule has 6 heteroatoms. The standard InChI is InChI=1S/C19H24N2O3S/c22-19(16-18-8-4-5-9-18)20-11-13-21(14-12-20)25(23,24)15-10-17-6-2-1-3-7-17/h1-4,6-8,10,15,18H,5,9,11-14,16H2/b15-10+. The van der Waals surface area contributed by atoms with Gasteiger partial charge < -0.3 is 4.90 Å². The molecule has 0 N–H and O–H groups in total. The first kappa shape index (κ1) is 17.9. The molecule has 0 aromatic heterocycles. The topological polar surface area (TPSA) is 57.7 Å². The van der Waals surface area contributed by atoms with Gasteiger partial charge in [0.1, 0.15) is 0 Å². The number of carbonyl (C=O) groups is 1. The molecule has 1 unspecified atom stereocenters. The predicted octanol–water partition coefficient (Wildman–Crippen LogP) is 2.49. The fourth-order valence-electron chi connectivity index (χ4n) is 3.23. The van der Waals surface area contributed by atoms with Crippen LogP contribution >= 0.6 is 0 Å². The van der Waals surface area contributed by atoms with Gasteiger partial charge in [0.2, 0.25) is 15.9 Å². The average Bonchev–Trinajstić information content (AvgIpc) is 3.14. The second-order valence-corrected chi connectivity index (χ2v) is 8.33. The SMILES string of the molecule is O=C(CC1C=CCC1)N1CCN(S(=O)(=O)/C=C/c2ccccc2)CC1. The predicted molar refractivity (Wildman–Crippen MR) is 99.0 cm³/mol. The van der Waals surface area contributed by atoms with E-state index in [4.69, 9.17) is 0 Å². The molecule has 2 aliphatic rings. The van der Waals surface area contributed by atoms with E-state index in [1.807, 2.05) is 30.3 Å². The van der Waals surface area contributed by atoms with E-state index in [9.17, 15) is 13.2 Å². The Bertz CT molecular complexity index is 748. The molecule has 0 radical (unpaired) electrons. The minimum absolute atomic E-state index is 0.133. The van der Waals surface area contributed by atoms with Crippen LogP contribution in [-0.4, -0.2) is 49.7 Å². The van der Waals surface area contributed by atoms with Gasteiger partial charge in [-0.15, -0.1) is 0 Å². The van der Waals surface area contributed by atoms with Gasteiger partial charge in [0.15, 0.2) is 0 Å². The zero-order valence-corrected chi connectivity index (χ0v) is 15.1. The lowest BCUT2D eigenvalue weighted by atomic mass is 10.0. The molecular formula is C19H24N2O3S. The largest absolute Gasteiger partial charge is 0.340 e. The van der Waals surface area contributed by atoms with E-state index < -0.39 is 10.0 Å². The molecule has 25 heavy (non-hydrogen) atoms. The zero-order chi connectivity index (χ0) is 17.7. The summed E-state index contributed by atoms with van der Waals surface area (Å²) < 4.78 is 26.3. The second-order valence-electron chi connectivity index (χ2n) is 6.51. The highest BCUT2D eigenvalue weighted by molar-refractivity contribution is 7.92. The van der Waals surface area contributed by atoms with Gasteiger partial charge in [0.05, 0.1) is 0 Å². The lowest BCUT2D eigenvalue weighted by Gasteiger charge is -2.33. The summed E-state index contributed by atoms with van der Waals surface area (Å²) >= 11 is 0. The molecule has 1 aliphatic heterocycles. The van der Waals surface area contributed by atoms with Gasteiger partial charge in [0.25, 0.3) is 0 Å². The molecule has 1 heterocycles. The monoisotopic (exact) mass is 360 g/mol. The quantitative estimate of drug-likeness (QED) is 0.758. The van der Waals surface area contributed by atoms with Crippen molar-refractivity contribution in [2.75, 3.05) is 26.2 Å². The van der Waals surface area contributed by atoms with E-state index in [0.29, 0.717) is 38.5 Å². The number of piperazine rings is 1. The molecule has 1 saturated heterocycles. The summed E-state index contributed by atoms with van der Waals surface area (Å²) in [6.45, 7) is 1.64. The maximum Gasteiger partial charge on any atom is 0.236 e. The average molecular weight is 360 g/mol. The third-order valence-electron chi connectivity index (χ3n) is 4.73. The maximum atomic E-state index is 12.4. The third kappa shape index (κ3) is 4.80. The zero-order valence-electron chi connectivity index (χ0n) is 14.3. The summed E-state index contributed by atoms with van der Waals surface area (Å²) in [4.78, 5) is 14.1. The van der Waals surface area contributed by atoms with Crippen molar-refractivity contribution in [3.63, 3.8) is 0 Å². The molecule has 0 bridgehead atoms. The molecule has 5 nitrogen and oxygen atoms in total. The third-order valence-corrected chi connectivity index (χ3v) is 6.30. The van der Waals surface area contributed by atoms with Gasteiger partial charge in [-0.2, -0.15) is 4.31 Å². The number of benzene rings is 1. The van der Waals surface area contributed by atoms with Gasteiger partial charge >= 0.3 is 0 Å². The van der Waals surface area contributed by atoms with Crippen molar-refractivity contribution in [1.82, 2.24) is 9.21 Å².